The van der Waals surface area contributed by atoms with Gasteiger partial charge in [0.1, 0.15) is 11.6 Å². The van der Waals surface area contributed by atoms with Crippen LogP contribution in [0.15, 0.2) is 54.7 Å². The van der Waals surface area contributed by atoms with E-state index in [0.29, 0.717) is 30.3 Å². The van der Waals surface area contributed by atoms with Crippen LogP contribution in [0, 0.1) is 23.6 Å². The summed E-state index contributed by atoms with van der Waals surface area (Å²) < 4.78 is 20.5. The molecule has 1 aromatic carbocycles. The van der Waals surface area contributed by atoms with Crippen LogP contribution in [-0.4, -0.2) is 82.7 Å². The molecule has 11 heteroatoms. The van der Waals surface area contributed by atoms with E-state index in [2.05, 4.69) is 37.0 Å². The van der Waals surface area contributed by atoms with Crippen molar-refractivity contribution in [2.75, 3.05) is 56.2 Å². The van der Waals surface area contributed by atoms with Crippen LogP contribution >= 0.6 is 0 Å². The molecule has 6 heterocycles. The molecule has 0 radical (unpaired) electrons. The molecular weight excluding hydrogens is 573 g/mol. The summed E-state index contributed by atoms with van der Waals surface area (Å²) in [5, 5.41) is 4.66. The van der Waals surface area contributed by atoms with Gasteiger partial charge in [-0.3, -0.25) is 4.79 Å². The van der Waals surface area contributed by atoms with Crippen LogP contribution in [0.1, 0.15) is 63.8 Å². The van der Waals surface area contributed by atoms with E-state index in [4.69, 9.17) is 4.74 Å². The molecule has 10 nitrogen and oxygen atoms in total. The van der Waals surface area contributed by atoms with Crippen LogP contribution < -0.4 is 9.80 Å². The molecule has 0 N–H and O–H groups in total. The molecule has 232 valence electrons. The zero-order valence-corrected chi connectivity index (χ0v) is 25.6. The summed E-state index contributed by atoms with van der Waals surface area (Å²) in [5.74, 6) is 0.602. The molecule has 45 heavy (non-hydrogen) atoms. The largest absolute Gasteiger partial charge is 0.464 e. The third kappa shape index (κ3) is 4.62. The number of anilines is 2. The van der Waals surface area contributed by atoms with Gasteiger partial charge in [0, 0.05) is 50.1 Å². The van der Waals surface area contributed by atoms with E-state index in [0.717, 1.165) is 74.5 Å². The van der Waals surface area contributed by atoms with Gasteiger partial charge >= 0.3 is 5.97 Å². The van der Waals surface area contributed by atoms with E-state index >= 15 is 0 Å². The zero-order valence-electron chi connectivity index (χ0n) is 25.6. The molecule has 1 saturated carbocycles. The van der Waals surface area contributed by atoms with Crippen molar-refractivity contribution >= 4 is 29.0 Å². The maximum atomic E-state index is 13.9. The number of hydrogen-bond acceptors (Lipinski definition) is 8. The number of benzene rings is 1. The molecule has 3 aliphatic heterocycles. The first-order valence-electron chi connectivity index (χ1n) is 15.7. The van der Waals surface area contributed by atoms with Crippen LogP contribution in [0.4, 0.5) is 15.9 Å². The molecular formula is C34H36FN7O3. The number of aromatic nitrogens is 4. The number of halogens is 1. The Kier molecular flexibility index (Phi) is 6.37. The summed E-state index contributed by atoms with van der Waals surface area (Å²) >= 11 is 0. The molecule has 4 aromatic rings. The summed E-state index contributed by atoms with van der Waals surface area (Å²) in [5.41, 5.74) is 4.29. The predicted octanol–water partition coefficient (Wildman–Crippen LogP) is 4.49. The highest BCUT2D eigenvalue weighted by Crippen LogP contribution is 2.58. The van der Waals surface area contributed by atoms with E-state index in [-0.39, 0.29) is 28.4 Å². The molecule has 0 bridgehead atoms. The Morgan fingerprint density at radius 1 is 0.956 bits per heavy atom. The summed E-state index contributed by atoms with van der Waals surface area (Å²) in [6.07, 6.45) is 6.07. The van der Waals surface area contributed by atoms with Gasteiger partial charge in [0.05, 0.1) is 19.0 Å². The topological polar surface area (TPSA) is 96.2 Å². The molecule has 1 amide bonds. The van der Waals surface area contributed by atoms with Crippen LogP contribution in [0.3, 0.4) is 0 Å². The van der Waals surface area contributed by atoms with Crippen LogP contribution in [-0.2, 0) is 4.74 Å². The van der Waals surface area contributed by atoms with Gasteiger partial charge in [0.15, 0.2) is 11.3 Å². The quantitative estimate of drug-likeness (QED) is 0.306. The maximum Gasteiger partial charge on any atom is 0.356 e. The number of ether oxygens (including phenoxy) is 1. The number of esters is 1. The summed E-state index contributed by atoms with van der Waals surface area (Å²) in [4.78, 5) is 41.2. The van der Waals surface area contributed by atoms with Crippen molar-refractivity contribution in [1.29, 1.82) is 0 Å². The minimum absolute atomic E-state index is 0.0286. The average molecular weight is 610 g/mol. The Morgan fingerprint density at radius 3 is 2.56 bits per heavy atom. The van der Waals surface area contributed by atoms with E-state index in [1.807, 2.05) is 36.2 Å². The second-order valence-electron chi connectivity index (χ2n) is 13.5. The molecule has 2 atom stereocenters. The van der Waals surface area contributed by atoms with Crippen molar-refractivity contribution in [2.45, 2.75) is 38.5 Å². The van der Waals surface area contributed by atoms with Gasteiger partial charge in [-0.15, -0.1) is 5.10 Å². The molecule has 8 rings (SSSR count). The number of aryl methyl sites for hydroxylation is 1. The first-order valence-corrected chi connectivity index (χ1v) is 15.7. The number of amides is 1. The van der Waals surface area contributed by atoms with Gasteiger partial charge in [0.25, 0.3) is 5.91 Å². The van der Waals surface area contributed by atoms with E-state index in [1.54, 1.807) is 16.6 Å². The van der Waals surface area contributed by atoms with E-state index in [9.17, 15) is 14.0 Å². The van der Waals surface area contributed by atoms with Gasteiger partial charge in [-0.2, -0.15) is 0 Å². The smallest absolute Gasteiger partial charge is 0.356 e. The first kappa shape index (κ1) is 28.0. The molecule has 1 unspecified atom stereocenters. The standard InChI is InChI=1S/C34H36FN7O3/c1-22-15-25(41-20-34(21-41)10-9-26(34)23-5-3-6-24(35)16-23)17-42-30(22)37-29(38-42)31(43)40-14-12-33(19-40)11-13-39(18-33)28-8-4-7-27(36-28)32(44)45-2/h3-8,15-17,26H,9-14,18-21H2,1-2H3/t26?,33-/m1/s1. The third-order valence-electron chi connectivity index (χ3n) is 10.7. The van der Waals surface area contributed by atoms with Gasteiger partial charge in [-0.25, -0.2) is 23.7 Å². The van der Waals surface area contributed by atoms with Crippen molar-refractivity contribution in [1.82, 2.24) is 24.5 Å². The van der Waals surface area contributed by atoms with Gasteiger partial charge in [-0.05, 0) is 80.0 Å². The second kappa shape index (κ2) is 10.3. The number of carbonyl (C=O) groups excluding carboxylic acids is 2. The van der Waals surface area contributed by atoms with Crippen molar-refractivity contribution < 1.29 is 18.7 Å². The lowest BCUT2D eigenvalue weighted by Gasteiger charge is -2.61. The summed E-state index contributed by atoms with van der Waals surface area (Å²) in [6, 6.07) is 14.6. The fourth-order valence-electron chi connectivity index (χ4n) is 8.14. The van der Waals surface area contributed by atoms with Crippen molar-refractivity contribution in [2.24, 2.45) is 10.8 Å². The fourth-order valence-corrected chi connectivity index (χ4v) is 8.14. The van der Waals surface area contributed by atoms with E-state index in [1.165, 1.54) is 13.2 Å². The second-order valence-corrected chi connectivity index (χ2v) is 13.5. The first-order chi connectivity index (χ1) is 21.7. The number of likely N-dealkylation sites (tertiary alicyclic amines) is 1. The lowest BCUT2D eigenvalue weighted by atomic mass is 9.53. The normalized spacial score (nSPS) is 23.5. The number of nitrogens with zero attached hydrogens (tertiary/aromatic N) is 7. The van der Waals surface area contributed by atoms with Gasteiger partial charge in [-0.1, -0.05) is 18.2 Å². The zero-order chi connectivity index (χ0) is 30.9. The van der Waals surface area contributed by atoms with E-state index < -0.39 is 5.97 Å². The van der Waals surface area contributed by atoms with Crippen molar-refractivity contribution in [3.63, 3.8) is 0 Å². The number of carbonyl (C=O) groups is 2. The predicted molar refractivity (Wildman–Crippen MR) is 166 cm³/mol. The molecule has 3 aromatic heterocycles. The average Bonchev–Trinajstić information content (AvgIpc) is 3.74. The Balaban J connectivity index is 0.944. The molecule has 4 fully saturated rings. The van der Waals surface area contributed by atoms with Crippen LogP contribution in [0.2, 0.25) is 0 Å². The lowest BCUT2D eigenvalue weighted by molar-refractivity contribution is 0.0518. The van der Waals surface area contributed by atoms with Gasteiger partial charge in [0.2, 0.25) is 5.82 Å². The Labute approximate surface area is 260 Å². The maximum absolute atomic E-state index is 13.9. The minimum Gasteiger partial charge on any atom is -0.464 e. The lowest BCUT2D eigenvalue weighted by Crippen LogP contribution is -2.63. The minimum atomic E-state index is -0.452. The fraction of sp³-hybridized carbons (Fsp3) is 0.441. The molecule has 3 saturated heterocycles. The Hall–Kier alpha value is -4.54. The summed E-state index contributed by atoms with van der Waals surface area (Å²) in [7, 11) is 1.35. The Morgan fingerprint density at radius 2 is 1.78 bits per heavy atom. The number of pyridine rings is 2. The van der Waals surface area contributed by atoms with Crippen molar-refractivity contribution in [3.05, 3.63) is 83.2 Å². The molecule has 4 aliphatic rings. The van der Waals surface area contributed by atoms with Crippen LogP contribution in [0.5, 0.6) is 0 Å². The highest BCUT2D eigenvalue weighted by molar-refractivity contribution is 5.91. The molecule has 1 aliphatic carbocycles. The SMILES string of the molecule is COC(=O)c1cccc(N2CC[C@@]3(CCN(C(=O)c4nc5c(C)cc(N6CC7(CCC7c7cccc(F)c7)C6)cn5n4)C3)C2)n1. The van der Waals surface area contributed by atoms with Crippen molar-refractivity contribution in [3.8, 4) is 0 Å². The highest BCUT2D eigenvalue weighted by atomic mass is 19.1. The number of fused-ring (bicyclic) bond motifs is 1. The third-order valence-corrected chi connectivity index (χ3v) is 10.7. The van der Waals surface area contributed by atoms with Crippen LogP contribution in [0.25, 0.3) is 5.65 Å². The monoisotopic (exact) mass is 609 g/mol. The van der Waals surface area contributed by atoms with Gasteiger partial charge < -0.3 is 19.4 Å². The molecule has 2 spiro atoms. The number of hydrogen-bond donors (Lipinski definition) is 0. The summed E-state index contributed by atoms with van der Waals surface area (Å²) in [6.45, 7) is 6.74. The highest BCUT2D eigenvalue weighted by Gasteiger charge is 2.55. The number of methoxy groups -OCH3 is 1. The number of rotatable bonds is 5. The Bertz CT molecular complexity index is 1840.